The fraction of sp³-hybridized carbons (Fsp3) is 0.667. The Morgan fingerprint density at radius 1 is 1.62 bits per heavy atom. The fourth-order valence-electron chi connectivity index (χ4n) is 0.868. The Balaban J connectivity index is 2.22. The van der Waals surface area contributed by atoms with Gasteiger partial charge in [0.25, 0.3) is 0 Å². The molecule has 1 atom stereocenters. The van der Waals surface area contributed by atoms with Gasteiger partial charge in [-0.25, -0.2) is 4.68 Å². The molecule has 0 radical (unpaired) electrons. The zero-order valence-electron chi connectivity index (χ0n) is 6.87. The van der Waals surface area contributed by atoms with Crippen molar-refractivity contribution in [3.05, 3.63) is 6.33 Å². The van der Waals surface area contributed by atoms with E-state index in [1.165, 1.54) is 11.0 Å². The number of nitrogens with zero attached hydrogens (tertiary/aromatic N) is 4. The largest absolute Gasteiger partial charge is 0.481 e. The Morgan fingerprint density at radius 3 is 2.92 bits per heavy atom. The predicted molar refractivity (Wildman–Crippen MR) is 40.7 cm³/mol. The maximum absolute atomic E-state index is 10.2. The Labute approximate surface area is 74.0 Å². The lowest BCUT2D eigenvalue weighted by molar-refractivity contribution is -0.139. The van der Waals surface area contributed by atoms with Crippen LogP contribution in [0.4, 0.5) is 0 Å². The summed E-state index contributed by atoms with van der Waals surface area (Å²) in [6.07, 6.45) is 0.647. The molecule has 1 rings (SSSR count). The molecular formula is C6H10N4O3. The summed E-state index contributed by atoms with van der Waals surface area (Å²) < 4.78 is 1.44. The van der Waals surface area contributed by atoms with Gasteiger partial charge in [0.15, 0.2) is 0 Å². The highest BCUT2D eigenvalue weighted by Gasteiger charge is 2.09. The maximum Gasteiger partial charge on any atom is 0.305 e. The van der Waals surface area contributed by atoms with E-state index in [0.717, 1.165) is 0 Å². The number of aryl methyl sites for hydroxylation is 1. The summed E-state index contributed by atoms with van der Waals surface area (Å²) in [6.45, 7) is 0.418. The van der Waals surface area contributed by atoms with Crippen molar-refractivity contribution in [3.63, 3.8) is 0 Å². The van der Waals surface area contributed by atoms with Crippen molar-refractivity contribution in [3.8, 4) is 0 Å². The van der Waals surface area contributed by atoms with Gasteiger partial charge >= 0.3 is 5.97 Å². The summed E-state index contributed by atoms with van der Waals surface area (Å²) in [5, 5.41) is 27.8. The van der Waals surface area contributed by atoms with Crippen molar-refractivity contribution in [1.82, 2.24) is 20.2 Å². The smallest absolute Gasteiger partial charge is 0.305 e. The standard InChI is InChI=1S/C6H10N4O3/c11-5(3-6(12)13)1-2-10-4-7-8-9-10/h4-5,11H,1-3H2,(H,12,13)/t5-/m0/s1. The first-order chi connectivity index (χ1) is 6.18. The van der Waals surface area contributed by atoms with Gasteiger partial charge in [-0.2, -0.15) is 0 Å². The first kappa shape index (κ1) is 9.59. The van der Waals surface area contributed by atoms with Gasteiger partial charge in [-0.15, -0.1) is 5.10 Å². The minimum atomic E-state index is -1.01. The fourth-order valence-corrected chi connectivity index (χ4v) is 0.868. The summed E-state index contributed by atoms with van der Waals surface area (Å²) in [5.74, 6) is -1.01. The monoisotopic (exact) mass is 186 g/mol. The molecule has 0 saturated carbocycles. The van der Waals surface area contributed by atoms with Gasteiger partial charge in [0.05, 0.1) is 12.5 Å². The van der Waals surface area contributed by atoms with Crippen molar-refractivity contribution < 1.29 is 15.0 Å². The summed E-state index contributed by atoms with van der Waals surface area (Å²) >= 11 is 0. The van der Waals surface area contributed by atoms with Gasteiger partial charge in [-0.1, -0.05) is 0 Å². The molecule has 0 unspecified atom stereocenters. The van der Waals surface area contributed by atoms with Crippen LogP contribution < -0.4 is 0 Å². The number of carboxylic acids is 1. The lowest BCUT2D eigenvalue weighted by Crippen LogP contribution is -2.15. The van der Waals surface area contributed by atoms with Crippen LogP contribution >= 0.6 is 0 Å². The van der Waals surface area contributed by atoms with Gasteiger partial charge in [-0.05, 0) is 16.8 Å². The number of aromatic nitrogens is 4. The molecular weight excluding hydrogens is 176 g/mol. The normalized spacial score (nSPS) is 12.7. The lowest BCUT2D eigenvalue weighted by Gasteiger charge is -2.05. The van der Waals surface area contributed by atoms with Gasteiger partial charge < -0.3 is 10.2 Å². The lowest BCUT2D eigenvalue weighted by atomic mass is 10.2. The second-order valence-electron chi connectivity index (χ2n) is 2.61. The van der Waals surface area contributed by atoms with Gasteiger partial charge in [-0.3, -0.25) is 4.79 Å². The zero-order valence-corrected chi connectivity index (χ0v) is 6.87. The van der Waals surface area contributed by atoms with E-state index in [1.807, 2.05) is 0 Å². The highest BCUT2D eigenvalue weighted by Crippen LogP contribution is 1.99. The molecule has 0 bridgehead atoms. The number of carbonyl (C=O) groups is 1. The van der Waals surface area contributed by atoms with Crippen LogP contribution in [0.3, 0.4) is 0 Å². The van der Waals surface area contributed by atoms with Crippen LogP contribution in [-0.4, -0.2) is 42.5 Å². The van der Waals surface area contributed by atoms with Gasteiger partial charge in [0, 0.05) is 6.54 Å². The van der Waals surface area contributed by atoms with E-state index >= 15 is 0 Å². The van der Waals surface area contributed by atoms with Gasteiger partial charge in [0.1, 0.15) is 6.33 Å². The third-order valence-electron chi connectivity index (χ3n) is 1.49. The van der Waals surface area contributed by atoms with Crippen molar-refractivity contribution in [1.29, 1.82) is 0 Å². The van der Waals surface area contributed by atoms with E-state index in [2.05, 4.69) is 15.5 Å². The molecule has 0 aliphatic rings. The first-order valence-electron chi connectivity index (χ1n) is 3.79. The number of aliphatic hydroxyl groups is 1. The molecule has 0 aliphatic heterocycles. The van der Waals surface area contributed by atoms with Crippen molar-refractivity contribution in [2.45, 2.75) is 25.5 Å². The molecule has 1 aromatic rings. The number of hydrogen-bond donors (Lipinski definition) is 2. The van der Waals surface area contributed by atoms with E-state index in [1.54, 1.807) is 0 Å². The van der Waals surface area contributed by atoms with Crippen LogP contribution in [0.1, 0.15) is 12.8 Å². The predicted octanol–water partition coefficient (Wildman–Crippen LogP) is -1.10. The van der Waals surface area contributed by atoms with Gasteiger partial charge in [0.2, 0.25) is 0 Å². The quantitative estimate of drug-likeness (QED) is 0.605. The molecule has 13 heavy (non-hydrogen) atoms. The minimum Gasteiger partial charge on any atom is -0.481 e. The number of hydrogen-bond acceptors (Lipinski definition) is 5. The van der Waals surface area contributed by atoms with Crippen molar-refractivity contribution in [2.75, 3.05) is 0 Å². The average molecular weight is 186 g/mol. The average Bonchev–Trinajstić information content (AvgIpc) is 2.51. The van der Waals surface area contributed by atoms with E-state index in [4.69, 9.17) is 10.2 Å². The summed E-state index contributed by atoms with van der Waals surface area (Å²) in [6, 6.07) is 0. The van der Waals surface area contributed by atoms with Crippen LogP contribution in [0.2, 0.25) is 0 Å². The SMILES string of the molecule is O=C(O)C[C@@H](O)CCn1cnnn1. The van der Waals surface area contributed by atoms with Crippen LogP contribution in [0.25, 0.3) is 0 Å². The van der Waals surface area contributed by atoms with E-state index in [-0.39, 0.29) is 6.42 Å². The van der Waals surface area contributed by atoms with E-state index < -0.39 is 12.1 Å². The van der Waals surface area contributed by atoms with E-state index in [0.29, 0.717) is 13.0 Å². The number of carboxylic acid groups (broad SMARTS) is 1. The molecule has 7 nitrogen and oxygen atoms in total. The molecule has 1 heterocycles. The topological polar surface area (TPSA) is 101 Å². The molecule has 0 fully saturated rings. The van der Waals surface area contributed by atoms with Crippen LogP contribution in [0.15, 0.2) is 6.33 Å². The second kappa shape index (κ2) is 4.51. The molecule has 7 heteroatoms. The summed E-state index contributed by atoms with van der Waals surface area (Å²) in [7, 11) is 0. The molecule has 1 aromatic heterocycles. The Bertz CT molecular complexity index is 261. The van der Waals surface area contributed by atoms with Crippen molar-refractivity contribution in [2.24, 2.45) is 0 Å². The Morgan fingerprint density at radius 2 is 2.38 bits per heavy atom. The third-order valence-corrected chi connectivity index (χ3v) is 1.49. The molecule has 0 aromatic carbocycles. The molecule has 0 amide bonds. The molecule has 72 valence electrons. The molecule has 2 N–H and O–H groups in total. The van der Waals surface area contributed by atoms with Crippen LogP contribution in [0, 0.1) is 0 Å². The highest BCUT2D eigenvalue weighted by atomic mass is 16.4. The molecule has 0 aliphatic carbocycles. The maximum atomic E-state index is 10.2. The number of tetrazole rings is 1. The minimum absolute atomic E-state index is 0.248. The summed E-state index contributed by atoms with van der Waals surface area (Å²) in [4.78, 5) is 10.2. The van der Waals surface area contributed by atoms with Crippen molar-refractivity contribution >= 4 is 5.97 Å². The third kappa shape index (κ3) is 3.61. The Kier molecular flexibility index (Phi) is 3.32. The molecule has 0 spiro atoms. The number of aliphatic hydroxyl groups excluding tert-OH is 1. The second-order valence-corrected chi connectivity index (χ2v) is 2.61. The van der Waals surface area contributed by atoms with Crippen LogP contribution in [-0.2, 0) is 11.3 Å². The van der Waals surface area contributed by atoms with E-state index in [9.17, 15) is 4.79 Å². The zero-order chi connectivity index (χ0) is 9.68. The highest BCUT2D eigenvalue weighted by molar-refractivity contribution is 5.67. The molecule has 0 saturated heterocycles. The summed E-state index contributed by atoms with van der Waals surface area (Å²) in [5.41, 5.74) is 0. The first-order valence-corrected chi connectivity index (χ1v) is 3.79. The number of rotatable bonds is 5. The number of aliphatic carboxylic acids is 1. The Hall–Kier alpha value is -1.50. The van der Waals surface area contributed by atoms with Crippen LogP contribution in [0.5, 0.6) is 0 Å².